The number of halogens is 1. The molecule has 30 atom stereocenters. The molecule has 30 unspecified atom stereocenters. The molecule has 0 spiro atoms. The van der Waals surface area contributed by atoms with Gasteiger partial charge in [0.25, 0.3) is 0 Å². The van der Waals surface area contributed by atoms with E-state index in [1.165, 1.54) is 69.9 Å². The Labute approximate surface area is 807 Å². The van der Waals surface area contributed by atoms with Gasteiger partial charge in [0.2, 0.25) is 0 Å². The van der Waals surface area contributed by atoms with E-state index in [0.717, 1.165) is 162 Å². The molecule has 129 heavy (non-hydrogen) atoms. The molecule has 6 nitrogen and oxygen atoms in total. The predicted molar refractivity (Wildman–Crippen MR) is 531 cm³/mol. The minimum atomic E-state index is -1.51. The van der Waals surface area contributed by atoms with Crippen molar-refractivity contribution in [3.63, 3.8) is 0 Å². The minimum absolute atomic E-state index is 0.0281. The van der Waals surface area contributed by atoms with E-state index in [1.54, 1.807) is 72.8 Å². The van der Waals surface area contributed by atoms with Crippen molar-refractivity contribution in [2.75, 3.05) is 0 Å². The van der Waals surface area contributed by atoms with Gasteiger partial charge >= 0.3 is 0 Å². The molecule has 0 bridgehead atoms. The Hall–Kier alpha value is -8.59. The maximum absolute atomic E-state index is 14.0. The summed E-state index contributed by atoms with van der Waals surface area (Å²) in [5, 5.41) is 53.7. The molecular weight excluding hydrogens is 1570 g/mol. The molecule has 12 fully saturated rings. The number of nitriles is 6. The number of benzene rings is 6. The highest BCUT2D eigenvalue weighted by Crippen LogP contribution is 2.55. The highest BCUT2D eigenvalue weighted by Gasteiger charge is 2.42. The van der Waals surface area contributed by atoms with E-state index in [9.17, 15) is 4.39 Å². The Morgan fingerprint density at radius 2 is 0.605 bits per heavy atom. The number of hydrogen-bond acceptors (Lipinski definition) is 6. The molecule has 0 amide bonds. The molecule has 684 valence electrons. The van der Waals surface area contributed by atoms with E-state index in [4.69, 9.17) is 56.2 Å². The van der Waals surface area contributed by atoms with Crippen molar-refractivity contribution in [3.8, 4) is 36.4 Å². The maximum atomic E-state index is 14.0. The molecule has 0 radical (unpaired) electrons. The molecule has 0 aliphatic heterocycles. The lowest BCUT2D eigenvalue weighted by molar-refractivity contribution is 0.113. The van der Waals surface area contributed by atoms with Gasteiger partial charge in [-0.15, -0.1) is 13.2 Å². The van der Waals surface area contributed by atoms with Gasteiger partial charge in [0.05, 0.1) is 63.7 Å². The number of rotatable bonds is 19. The number of allylic oxidation sites excluding steroid dienone is 4. The summed E-state index contributed by atoms with van der Waals surface area (Å²) in [6, 6.07) is 52.6. The van der Waals surface area contributed by atoms with Crippen LogP contribution < -0.4 is 0 Å². The zero-order chi connectivity index (χ0) is 106. The number of fused-ring (bicyclic) bond motifs is 6. The Morgan fingerprint density at radius 1 is 0.318 bits per heavy atom. The molecule has 0 heterocycles. The van der Waals surface area contributed by atoms with Crippen molar-refractivity contribution in [2.24, 2.45) is 107 Å². The van der Waals surface area contributed by atoms with E-state index in [2.05, 4.69) is 76.4 Å². The summed E-state index contributed by atoms with van der Waals surface area (Å²) < 4.78 is 170. The van der Waals surface area contributed by atoms with Gasteiger partial charge in [0, 0.05) is 24.7 Å². The smallest absolute Gasteiger partial charge is 0.141 e. The quantitative estimate of drug-likeness (QED) is 0.0584. The van der Waals surface area contributed by atoms with Gasteiger partial charge in [-0.2, -0.15) is 31.6 Å². The molecular formula is C122H159FN6. The zero-order valence-corrected chi connectivity index (χ0v) is 77.9. The predicted octanol–water partition coefficient (Wildman–Crippen LogP) is 34.2. The second-order valence-electron chi connectivity index (χ2n) is 40.1. The largest absolute Gasteiger partial charge is 0.206 e. The Bertz CT molecular complexity index is 5580. The molecule has 6 aromatic rings. The Morgan fingerprint density at radius 3 is 0.891 bits per heavy atom. The molecule has 6 aromatic carbocycles. The van der Waals surface area contributed by atoms with Gasteiger partial charge in [0.15, 0.2) is 0 Å². The summed E-state index contributed by atoms with van der Waals surface area (Å²) >= 11 is 0. The van der Waals surface area contributed by atoms with E-state index in [0.29, 0.717) is 143 Å². The lowest BCUT2D eigenvalue weighted by atomic mass is 9.63. The first-order valence-corrected chi connectivity index (χ1v) is 50.3. The lowest BCUT2D eigenvalue weighted by Gasteiger charge is -2.42. The molecule has 12 saturated carbocycles. The van der Waals surface area contributed by atoms with Crippen molar-refractivity contribution in [2.45, 2.75) is 358 Å². The third-order valence-corrected chi connectivity index (χ3v) is 31.7. The molecule has 0 N–H and O–H groups in total. The monoisotopic (exact) mass is 1750 g/mol. The minimum Gasteiger partial charge on any atom is -0.206 e. The Kier molecular flexibility index (Phi) is 29.9. The first-order valence-electron chi connectivity index (χ1n) is 59.7. The molecule has 12 aliphatic carbocycles. The fourth-order valence-electron chi connectivity index (χ4n) is 24.3. The fraction of sp³-hybridized carbons (Fsp3) is 0.607. The van der Waals surface area contributed by atoms with Gasteiger partial charge in [-0.05, 0) is 473 Å². The van der Waals surface area contributed by atoms with Gasteiger partial charge in [-0.25, -0.2) is 4.39 Å². The van der Waals surface area contributed by atoms with E-state index >= 15 is 0 Å². The third-order valence-electron chi connectivity index (χ3n) is 31.7. The number of nitrogens with zero attached hydrogens (tertiary/aromatic N) is 6. The molecule has 7 heteroatoms. The SMILES string of the molecule is [2H]C1C2CCC(/C=C/C)CC2CC([2H])([2H])C1c1ccc(C#N)cc1.[2H]C1C2CCC(C=C)CC2CC([2H])([2H])C1c1ccc(C#N)cc1.[2H]C1C2CCC(CCC)CC2CC([2H])([2H])C1c1ccc(C#N)c(F)c1.[2H]C1C2CCC(CCC)CC2CC([2H])([2H])C1c1ccc(C#N)cc1.[2H]C1C2CCC(CCC=C)CC2CC([2H])([2H])C1c1ccc(C#N)cc1.[2H]C1C2CCC(CCCCC)CC2CC([2H])([2H])C1c1ccc(C#N)cc1. The molecule has 18 rings (SSSR count). The van der Waals surface area contributed by atoms with Gasteiger partial charge < -0.3 is 0 Å². The third kappa shape index (κ3) is 28.0. The van der Waals surface area contributed by atoms with Crippen molar-refractivity contribution >= 4 is 0 Å². The van der Waals surface area contributed by atoms with E-state index in [1.807, 2.05) is 79.7 Å². The summed E-state index contributed by atoms with van der Waals surface area (Å²) in [4.78, 5) is 0. The molecule has 12 aliphatic rings. The highest BCUT2D eigenvalue weighted by atomic mass is 19.1. The van der Waals surface area contributed by atoms with E-state index in [-0.39, 0.29) is 53.9 Å². The van der Waals surface area contributed by atoms with Gasteiger partial charge in [-0.1, -0.05) is 189 Å². The number of hydrogen-bond donors (Lipinski definition) is 0. The van der Waals surface area contributed by atoms with Crippen molar-refractivity contribution < 1.29 is 29.1 Å². The second-order valence-corrected chi connectivity index (χ2v) is 40.1. The van der Waals surface area contributed by atoms with Crippen LogP contribution >= 0.6 is 0 Å². The Balaban J connectivity index is 0.000000147. The van der Waals surface area contributed by atoms with Crippen LogP contribution in [-0.2, 0) is 0 Å². The maximum Gasteiger partial charge on any atom is 0.141 e. The van der Waals surface area contributed by atoms with Crippen molar-refractivity contribution in [1.29, 1.82) is 31.6 Å². The standard InChI is InChI=1S/C22H31N.C21H27N.C20H26FN.C20H27N.C20H25N.C19H23N/c1-2-3-4-5-17-6-11-22-15-21(13-12-20(22)14-17)19-9-7-18(16-23)8-10-19;1-2-3-4-16-5-10-21-14-20(12-11-19(21)13-16)18-8-6-17(15-22)7-9-18;1-2-3-14-4-5-16-11-17(7-6-15(16)10-14)18-8-9-19(13-22)20(21)12-18;2*1-2-3-15-4-9-20-13-19(11-10-18(20)12-15)17-7-5-16(14-21)6-8-17;1-2-14-3-8-19-12-18(10-9-17(19)11-14)16-6-4-15(13-20)5-7-16/h7-10,17,20-22H,2-6,11-15H2,1H3;2,6-9,16,19-21H,1,3-5,10-14H2;8-9,12,14-17H,2-7,10-11H2,1H3;5-8,15,18-20H,2-4,9-13H2,1H3;2-3,5-8,15,18-20H,4,9-13H2,1H3;2,4-7,14,17-19H,1,3,8-12H2/b;;;;3-2+;/i13D2,15D;12D2,14D;7D2,11D;2*11D2,13D;10D2,12D. The van der Waals surface area contributed by atoms with Crippen LogP contribution in [0.15, 0.2) is 177 Å². The highest BCUT2D eigenvalue weighted by molar-refractivity contribution is 5.39. The number of unbranched alkanes of at least 4 members (excludes halogenated alkanes) is 2. The summed E-state index contributed by atoms with van der Waals surface area (Å²) in [5.41, 5.74) is 7.80. The summed E-state index contributed by atoms with van der Waals surface area (Å²) in [6.45, 7) is 16.4. The van der Waals surface area contributed by atoms with Crippen LogP contribution in [0.3, 0.4) is 0 Å². The van der Waals surface area contributed by atoms with Gasteiger partial charge in [-0.3, -0.25) is 0 Å². The van der Waals surface area contributed by atoms with Crippen LogP contribution in [-0.4, -0.2) is 0 Å². The molecule has 0 saturated heterocycles. The lowest BCUT2D eigenvalue weighted by Crippen LogP contribution is -2.30. The second kappa shape index (κ2) is 50.9. The topological polar surface area (TPSA) is 143 Å². The first kappa shape index (κ1) is 75.9. The van der Waals surface area contributed by atoms with Crippen LogP contribution in [0.5, 0.6) is 0 Å². The zero-order valence-electron chi connectivity index (χ0n) is 95.9. The fourth-order valence-corrected chi connectivity index (χ4v) is 24.3. The van der Waals surface area contributed by atoms with Crippen LogP contribution in [0.25, 0.3) is 0 Å². The van der Waals surface area contributed by atoms with Crippen molar-refractivity contribution in [3.05, 3.63) is 250 Å². The summed E-state index contributed by atoms with van der Waals surface area (Å²) in [7, 11) is 0. The van der Waals surface area contributed by atoms with Crippen LogP contribution in [0.2, 0.25) is 0 Å². The summed E-state index contributed by atoms with van der Waals surface area (Å²) in [5.74, 6) is 4.23. The first-order chi connectivity index (χ1) is 70.2. The van der Waals surface area contributed by atoms with Gasteiger partial charge in [0.1, 0.15) is 11.9 Å². The van der Waals surface area contributed by atoms with Crippen LogP contribution in [0, 0.1) is 180 Å². The van der Waals surface area contributed by atoms with Crippen molar-refractivity contribution in [1.82, 2.24) is 0 Å². The normalized spacial score (nSPS) is 39.5. The van der Waals surface area contributed by atoms with Crippen LogP contribution in [0.4, 0.5) is 4.39 Å². The molecule has 0 aromatic heterocycles. The van der Waals surface area contributed by atoms with E-state index < -0.39 is 93.3 Å². The average molecular weight is 1750 g/mol. The van der Waals surface area contributed by atoms with Crippen LogP contribution in [0.1, 0.15) is 450 Å². The summed E-state index contributed by atoms with van der Waals surface area (Å²) in [6.07, 6.45) is 32.3. The average Bonchev–Trinajstić information content (AvgIpc) is 0.799.